The van der Waals surface area contributed by atoms with Gasteiger partial charge in [0.1, 0.15) is 11.4 Å². The Morgan fingerprint density at radius 3 is 2.74 bits per heavy atom. The molecule has 1 fully saturated rings. The molecule has 0 saturated carbocycles. The Labute approximate surface area is 211 Å². The molecule has 1 saturated heterocycles. The summed E-state index contributed by atoms with van der Waals surface area (Å²) in [6, 6.07) is 15.1. The topological polar surface area (TPSA) is 89.3 Å². The number of nitrogens with zero attached hydrogens (tertiary/aromatic N) is 4. The number of ether oxygens (including phenoxy) is 1. The maximum atomic E-state index is 13.6. The summed E-state index contributed by atoms with van der Waals surface area (Å²) in [4.78, 5) is 33.8. The normalized spacial score (nSPS) is 15.5. The largest absolute Gasteiger partial charge is 0.496 e. The molecule has 4 aromatic rings. The molecule has 1 aliphatic heterocycles. The number of carbonyl (C=O) groups is 2. The molecule has 0 spiro atoms. The number of amides is 2. The Morgan fingerprint density at radius 2 is 1.91 bits per heavy atom. The molecule has 8 nitrogen and oxygen atoms in total. The number of hydrogen-bond donors (Lipinski definition) is 1. The summed E-state index contributed by atoms with van der Waals surface area (Å²) in [7, 11) is 3.44. The predicted molar refractivity (Wildman–Crippen MR) is 139 cm³/mol. The highest BCUT2D eigenvalue weighted by molar-refractivity contribution is 7.99. The van der Waals surface area contributed by atoms with Crippen molar-refractivity contribution in [1.82, 2.24) is 25.0 Å². The smallest absolute Gasteiger partial charge is 0.275 e. The van der Waals surface area contributed by atoms with Gasteiger partial charge in [-0.25, -0.2) is 4.98 Å². The Morgan fingerprint density at radius 1 is 1.14 bits per heavy atom. The minimum absolute atomic E-state index is 0.136. The van der Waals surface area contributed by atoms with Crippen LogP contribution in [0.15, 0.2) is 48.5 Å². The van der Waals surface area contributed by atoms with E-state index in [1.807, 2.05) is 62.5 Å². The second-order valence-electron chi connectivity index (χ2n) is 8.24. The second kappa shape index (κ2) is 9.71. The molecule has 10 heteroatoms. The Hall–Kier alpha value is -3.37. The number of benzene rings is 2. The van der Waals surface area contributed by atoms with Crippen LogP contribution in [0, 0.1) is 6.92 Å². The highest BCUT2D eigenvalue weighted by atomic mass is 32.2. The molecular weight excluding hydrogens is 482 g/mol. The van der Waals surface area contributed by atoms with E-state index in [0.717, 1.165) is 32.1 Å². The molecule has 1 atom stereocenters. The standard InChI is InChI=1S/C25H25N5O3S2/c1-15-27-22(23(35-15)18-9-5-7-11-20(18)33-3)25(32)30-14-34-13-16(30)12-26-24(31)21-17-8-4-6-10-19(17)29(2)28-21/h4-11,16H,12-14H2,1-3H3,(H,26,31)/t16-/m1/s1. The van der Waals surface area contributed by atoms with Gasteiger partial charge < -0.3 is 15.0 Å². The highest BCUT2D eigenvalue weighted by Crippen LogP contribution is 2.37. The minimum atomic E-state index is -0.245. The first kappa shape index (κ1) is 23.4. The number of hydrogen-bond acceptors (Lipinski definition) is 7. The van der Waals surface area contributed by atoms with Crippen LogP contribution in [-0.2, 0) is 7.05 Å². The number of rotatable bonds is 6. The number of methoxy groups -OCH3 is 1. The second-order valence-corrected chi connectivity index (χ2v) is 10.4. The third-order valence-corrected chi connectivity index (χ3v) is 8.09. The van der Waals surface area contributed by atoms with Gasteiger partial charge in [-0.2, -0.15) is 5.10 Å². The molecule has 5 rings (SSSR count). The number of para-hydroxylation sites is 2. The maximum absolute atomic E-state index is 13.6. The summed E-state index contributed by atoms with van der Waals surface area (Å²) in [5.41, 5.74) is 2.56. The van der Waals surface area contributed by atoms with Gasteiger partial charge >= 0.3 is 0 Å². The van der Waals surface area contributed by atoms with Gasteiger partial charge in [0.05, 0.1) is 34.4 Å². The third kappa shape index (κ3) is 4.39. The summed E-state index contributed by atoms with van der Waals surface area (Å²) in [6.45, 7) is 2.24. The van der Waals surface area contributed by atoms with Gasteiger partial charge in [0, 0.05) is 30.3 Å². The van der Waals surface area contributed by atoms with E-state index in [9.17, 15) is 9.59 Å². The Bertz CT molecular complexity index is 1410. The fourth-order valence-corrected chi connectivity index (χ4v) is 6.42. The molecule has 1 N–H and O–H groups in total. The first-order valence-corrected chi connectivity index (χ1v) is 13.1. The molecule has 0 bridgehead atoms. The van der Waals surface area contributed by atoms with Crippen LogP contribution >= 0.6 is 23.1 Å². The van der Waals surface area contributed by atoms with Crippen molar-refractivity contribution in [2.24, 2.45) is 7.05 Å². The van der Waals surface area contributed by atoms with Crippen molar-refractivity contribution < 1.29 is 14.3 Å². The average Bonchev–Trinajstić information content (AvgIpc) is 3.59. The first-order valence-electron chi connectivity index (χ1n) is 11.2. The zero-order chi connectivity index (χ0) is 24.5. The number of fused-ring (bicyclic) bond motifs is 1. The number of carbonyl (C=O) groups excluding carboxylic acids is 2. The van der Waals surface area contributed by atoms with Crippen molar-refractivity contribution >= 4 is 45.8 Å². The molecule has 0 aliphatic carbocycles. The number of aromatic nitrogens is 3. The summed E-state index contributed by atoms with van der Waals surface area (Å²) >= 11 is 3.15. The van der Waals surface area contributed by atoms with Gasteiger partial charge in [-0.3, -0.25) is 14.3 Å². The molecule has 180 valence electrons. The quantitative estimate of drug-likeness (QED) is 0.425. The van der Waals surface area contributed by atoms with E-state index in [-0.39, 0.29) is 17.9 Å². The average molecular weight is 508 g/mol. The van der Waals surface area contributed by atoms with Crippen molar-refractivity contribution in [3.63, 3.8) is 0 Å². The SMILES string of the molecule is COc1ccccc1-c1sc(C)nc1C(=O)N1CSC[C@H]1CNC(=O)c1nn(C)c2ccccc12. The van der Waals surface area contributed by atoms with Gasteiger partial charge in [0.15, 0.2) is 5.69 Å². The number of thioether (sulfide) groups is 1. The molecule has 2 aromatic heterocycles. The predicted octanol–water partition coefficient (Wildman–Crippen LogP) is 3.96. The Kier molecular flexibility index (Phi) is 6.48. The molecule has 3 heterocycles. The fraction of sp³-hybridized carbons (Fsp3) is 0.280. The molecule has 1 aliphatic rings. The van der Waals surface area contributed by atoms with E-state index in [2.05, 4.69) is 15.4 Å². The summed E-state index contributed by atoms with van der Waals surface area (Å²) in [5, 5.41) is 9.01. The number of nitrogens with one attached hydrogen (secondary N) is 1. The van der Waals surface area contributed by atoms with Crippen LogP contribution in [0.2, 0.25) is 0 Å². The minimum Gasteiger partial charge on any atom is -0.496 e. The van der Waals surface area contributed by atoms with E-state index in [1.54, 1.807) is 28.5 Å². The third-order valence-electron chi connectivity index (χ3n) is 6.00. The fourth-order valence-electron chi connectivity index (χ4n) is 4.27. The summed E-state index contributed by atoms with van der Waals surface area (Å²) in [6.07, 6.45) is 0. The molecule has 0 radical (unpaired) electrons. The Balaban J connectivity index is 1.35. The lowest BCUT2D eigenvalue weighted by Gasteiger charge is -2.23. The molecule has 2 amide bonds. The summed E-state index contributed by atoms with van der Waals surface area (Å²) in [5.74, 6) is 1.61. The monoisotopic (exact) mass is 507 g/mol. The van der Waals surface area contributed by atoms with Gasteiger partial charge in [0.25, 0.3) is 11.8 Å². The van der Waals surface area contributed by atoms with E-state index in [1.165, 1.54) is 11.3 Å². The van der Waals surface area contributed by atoms with Crippen LogP contribution in [0.25, 0.3) is 21.3 Å². The van der Waals surface area contributed by atoms with Crippen molar-refractivity contribution in [3.8, 4) is 16.2 Å². The molecule has 2 aromatic carbocycles. The van der Waals surface area contributed by atoms with E-state index >= 15 is 0 Å². The van der Waals surface area contributed by atoms with Crippen LogP contribution in [0.1, 0.15) is 26.0 Å². The van der Waals surface area contributed by atoms with E-state index in [0.29, 0.717) is 29.6 Å². The lowest BCUT2D eigenvalue weighted by atomic mass is 10.1. The van der Waals surface area contributed by atoms with Crippen LogP contribution in [0.5, 0.6) is 5.75 Å². The van der Waals surface area contributed by atoms with Gasteiger partial charge in [0.2, 0.25) is 0 Å². The van der Waals surface area contributed by atoms with Gasteiger partial charge in [-0.15, -0.1) is 23.1 Å². The van der Waals surface area contributed by atoms with Crippen molar-refractivity contribution in [2.45, 2.75) is 13.0 Å². The van der Waals surface area contributed by atoms with E-state index < -0.39 is 0 Å². The highest BCUT2D eigenvalue weighted by Gasteiger charge is 2.34. The van der Waals surface area contributed by atoms with Crippen molar-refractivity contribution in [2.75, 3.05) is 25.3 Å². The van der Waals surface area contributed by atoms with Gasteiger partial charge in [-0.05, 0) is 25.1 Å². The van der Waals surface area contributed by atoms with E-state index in [4.69, 9.17) is 4.74 Å². The van der Waals surface area contributed by atoms with Crippen LogP contribution in [0.4, 0.5) is 0 Å². The van der Waals surface area contributed by atoms with Crippen LogP contribution in [0.3, 0.4) is 0 Å². The zero-order valence-electron chi connectivity index (χ0n) is 19.6. The van der Waals surface area contributed by atoms with Crippen LogP contribution in [-0.4, -0.2) is 62.8 Å². The molecule has 0 unspecified atom stereocenters. The lowest BCUT2D eigenvalue weighted by Crippen LogP contribution is -2.44. The lowest BCUT2D eigenvalue weighted by molar-refractivity contribution is 0.0731. The number of aryl methyl sites for hydroxylation is 2. The maximum Gasteiger partial charge on any atom is 0.275 e. The van der Waals surface area contributed by atoms with Crippen molar-refractivity contribution in [1.29, 1.82) is 0 Å². The van der Waals surface area contributed by atoms with Gasteiger partial charge in [-0.1, -0.05) is 30.3 Å². The summed E-state index contributed by atoms with van der Waals surface area (Å²) < 4.78 is 7.23. The first-order chi connectivity index (χ1) is 17.0. The number of thiazole rings is 1. The van der Waals surface area contributed by atoms with Crippen molar-refractivity contribution in [3.05, 3.63) is 64.9 Å². The van der Waals surface area contributed by atoms with Crippen LogP contribution < -0.4 is 10.1 Å². The molecular formula is C25H25N5O3S2. The zero-order valence-corrected chi connectivity index (χ0v) is 21.3. The molecule has 35 heavy (non-hydrogen) atoms.